The van der Waals surface area contributed by atoms with Gasteiger partial charge in [0.2, 0.25) is 0 Å². The summed E-state index contributed by atoms with van der Waals surface area (Å²) in [5.74, 6) is 5.60. The minimum Gasteiger partial charge on any atom is -0.466 e. The van der Waals surface area contributed by atoms with Gasteiger partial charge in [-0.1, -0.05) is 38.7 Å². The van der Waals surface area contributed by atoms with Crippen LogP contribution >= 0.6 is 0 Å². The smallest absolute Gasteiger partial charge is 0.307 e. The second kappa shape index (κ2) is 12.8. The first kappa shape index (κ1) is 21.2. The second-order valence-electron chi connectivity index (χ2n) is 5.74. The first-order valence-electron chi connectivity index (χ1n) is 8.42. The van der Waals surface area contributed by atoms with Crippen molar-refractivity contribution in [2.24, 2.45) is 5.92 Å². The van der Waals surface area contributed by atoms with E-state index in [9.17, 15) is 9.59 Å². The lowest BCUT2D eigenvalue weighted by Gasteiger charge is -2.19. The molecule has 0 aliphatic rings. The number of ether oxygens (including phenoxy) is 2. The Kier molecular flexibility index (Phi) is 11.8. The third-order valence-electron chi connectivity index (χ3n) is 3.26. The normalized spacial score (nSPS) is 12.5. The molecule has 0 fully saturated rings. The molecule has 0 aromatic rings. The van der Waals surface area contributed by atoms with E-state index < -0.39 is 6.10 Å². The summed E-state index contributed by atoms with van der Waals surface area (Å²) in [6.07, 6.45) is 3.44. The van der Waals surface area contributed by atoms with Gasteiger partial charge in [0.1, 0.15) is 0 Å². The van der Waals surface area contributed by atoms with Crippen molar-refractivity contribution in [3.05, 3.63) is 12.2 Å². The van der Waals surface area contributed by atoms with Crippen molar-refractivity contribution in [1.82, 2.24) is 0 Å². The SMILES string of the molecule is C=C(C)C#CC(OC(=O)CCCCC(=O)OCC)C(C)CCC. The summed E-state index contributed by atoms with van der Waals surface area (Å²) in [4.78, 5) is 23.2. The maximum Gasteiger partial charge on any atom is 0.307 e. The van der Waals surface area contributed by atoms with Crippen LogP contribution in [-0.2, 0) is 19.1 Å². The van der Waals surface area contributed by atoms with Gasteiger partial charge in [-0.2, -0.15) is 0 Å². The molecule has 0 radical (unpaired) electrons. The fraction of sp³-hybridized carbons (Fsp3) is 0.684. The van der Waals surface area contributed by atoms with Gasteiger partial charge in [-0.3, -0.25) is 9.59 Å². The minimum atomic E-state index is -0.399. The van der Waals surface area contributed by atoms with Crippen molar-refractivity contribution in [3.63, 3.8) is 0 Å². The number of allylic oxidation sites excluding steroid dienone is 1. The molecule has 0 aliphatic carbocycles. The Morgan fingerprint density at radius 1 is 1.13 bits per heavy atom. The predicted octanol–water partition coefficient (Wildman–Crippen LogP) is 4.04. The molecule has 0 N–H and O–H groups in total. The molecule has 0 saturated carbocycles. The Morgan fingerprint density at radius 2 is 1.74 bits per heavy atom. The first-order chi connectivity index (χ1) is 10.9. The molecule has 0 spiro atoms. The molecule has 0 aromatic heterocycles. The zero-order chi connectivity index (χ0) is 17.7. The Hall–Kier alpha value is -1.76. The van der Waals surface area contributed by atoms with E-state index in [0.717, 1.165) is 18.4 Å². The number of carbonyl (C=O) groups excluding carboxylic acids is 2. The van der Waals surface area contributed by atoms with Gasteiger partial charge in [-0.25, -0.2) is 0 Å². The maximum atomic E-state index is 11.9. The number of unbranched alkanes of at least 4 members (excludes halogenated alkanes) is 1. The summed E-state index contributed by atoms with van der Waals surface area (Å²) < 4.78 is 10.3. The highest BCUT2D eigenvalue weighted by atomic mass is 16.5. The Bertz CT molecular complexity index is 442. The van der Waals surface area contributed by atoms with Crippen LogP contribution in [-0.4, -0.2) is 24.6 Å². The molecule has 0 saturated heterocycles. The van der Waals surface area contributed by atoms with Crippen LogP contribution < -0.4 is 0 Å². The molecule has 4 heteroatoms. The van der Waals surface area contributed by atoms with E-state index in [-0.39, 0.29) is 17.9 Å². The van der Waals surface area contributed by atoms with Crippen LogP contribution in [0.5, 0.6) is 0 Å². The number of carbonyl (C=O) groups is 2. The van der Waals surface area contributed by atoms with E-state index >= 15 is 0 Å². The molecule has 4 nitrogen and oxygen atoms in total. The van der Waals surface area contributed by atoms with Gasteiger partial charge in [0.05, 0.1) is 6.61 Å². The van der Waals surface area contributed by atoms with Crippen LogP contribution in [0.25, 0.3) is 0 Å². The topological polar surface area (TPSA) is 52.6 Å². The highest BCUT2D eigenvalue weighted by Crippen LogP contribution is 2.15. The van der Waals surface area contributed by atoms with Gasteiger partial charge in [0.25, 0.3) is 0 Å². The fourth-order valence-corrected chi connectivity index (χ4v) is 2.06. The highest BCUT2D eigenvalue weighted by molar-refractivity contribution is 5.71. The zero-order valence-corrected chi connectivity index (χ0v) is 14.9. The zero-order valence-electron chi connectivity index (χ0n) is 14.9. The quantitative estimate of drug-likeness (QED) is 0.346. The van der Waals surface area contributed by atoms with Crippen LogP contribution in [0.3, 0.4) is 0 Å². The van der Waals surface area contributed by atoms with Crippen LogP contribution in [0.15, 0.2) is 12.2 Å². The molecule has 0 amide bonds. The standard InChI is InChI=1S/C19H30O4/c1-6-10-16(5)17(14-13-15(3)4)23-19(21)12-9-8-11-18(20)22-7-2/h16-17H,3,6-12H2,1-2,4-5H3. The van der Waals surface area contributed by atoms with Crippen molar-refractivity contribution >= 4 is 11.9 Å². The monoisotopic (exact) mass is 322 g/mol. The van der Waals surface area contributed by atoms with Crippen LogP contribution in [0.4, 0.5) is 0 Å². The average molecular weight is 322 g/mol. The van der Waals surface area contributed by atoms with E-state index in [1.807, 2.05) is 13.8 Å². The Morgan fingerprint density at radius 3 is 2.26 bits per heavy atom. The number of esters is 2. The average Bonchev–Trinajstić information content (AvgIpc) is 2.48. The van der Waals surface area contributed by atoms with Gasteiger partial charge in [-0.15, -0.1) is 0 Å². The Balaban J connectivity index is 4.30. The van der Waals surface area contributed by atoms with Crippen molar-refractivity contribution in [1.29, 1.82) is 0 Å². The lowest BCUT2D eigenvalue weighted by atomic mass is 9.99. The molecule has 0 heterocycles. The van der Waals surface area contributed by atoms with Crippen molar-refractivity contribution in [2.45, 2.75) is 72.3 Å². The summed E-state index contributed by atoms with van der Waals surface area (Å²) in [6, 6.07) is 0. The lowest BCUT2D eigenvalue weighted by molar-refractivity contribution is -0.149. The van der Waals surface area contributed by atoms with E-state index in [4.69, 9.17) is 9.47 Å². The van der Waals surface area contributed by atoms with Crippen molar-refractivity contribution in [2.75, 3.05) is 6.61 Å². The predicted molar refractivity (Wildman–Crippen MR) is 91.6 cm³/mol. The second-order valence-corrected chi connectivity index (χ2v) is 5.74. The van der Waals surface area contributed by atoms with Gasteiger partial charge >= 0.3 is 11.9 Å². The first-order valence-corrected chi connectivity index (χ1v) is 8.42. The third kappa shape index (κ3) is 11.5. The van der Waals surface area contributed by atoms with E-state index in [1.54, 1.807) is 6.92 Å². The van der Waals surface area contributed by atoms with Gasteiger partial charge in [0.15, 0.2) is 6.10 Å². The molecule has 2 unspecified atom stereocenters. The van der Waals surface area contributed by atoms with Crippen LogP contribution in [0.1, 0.15) is 66.2 Å². The molecule has 130 valence electrons. The molecule has 0 aromatic carbocycles. The highest BCUT2D eigenvalue weighted by Gasteiger charge is 2.18. The fourth-order valence-electron chi connectivity index (χ4n) is 2.06. The number of rotatable bonds is 10. The van der Waals surface area contributed by atoms with Crippen molar-refractivity contribution < 1.29 is 19.1 Å². The van der Waals surface area contributed by atoms with Gasteiger partial charge < -0.3 is 9.47 Å². The molecule has 2 atom stereocenters. The van der Waals surface area contributed by atoms with E-state index in [1.165, 1.54) is 0 Å². The lowest BCUT2D eigenvalue weighted by Crippen LogP contribution is -2.24. The summed E-state index contributed by atoms with van der Waals surface area (Å²) >= 11 is 0. The summed E-state index contributed by atoms with van der Waals surface area (Å²) in [7, 11) is 0. The minimum absolute atomic E-state index is 0.190. The van der Waals surface area contributed by atoms with E-state index in [0.29, 0.717) is 32.3 Å². The van der Waals surface area contributed by atoms with Gasteiger partial charge in [0, 0.05) is 18.8 Å². The molecular formula is C19H30O4. The summed E-state index contributed by atoms with van der Waals surface area (Å²) in [6.45, 7) is 11.9. The Labute approximate surface area is 140 Å². The van der Waals surface area contributed by atoms with Crippen molar-refractivity contribution in [3.8, 4) is 11.8 Å². The van der Waals surface area contributed by atoms with E-state index in [2.05, 4.69) is 25.3 Å². The number of hydrogen-bond donors (Lipinski definition) is 0. The third-order valence-corrected chi connectivity index (χ3v) is 3.26. The molecule has 23 heavy (non-hydrogen) atoms. The maximum absolute atomic E-state index is 11.9. The summed E-state index contributed by atoms with van der Waals surface area (Å²) in [5.41, 5.74) is 0.754. The molecular weight excluding hydrogens is 292 g/mol. The van der Waals surface area contributed by atoms with Gasteiger partial charge in [-0.05, 0) is 38.7 Å². The largest absolute Gasteiger partial charge is 0.466 e. The molecule has 0 aliphatic heterocycles. The summed E-state index contributed by atoms with van der Waals surface area (Å²) in [5, 5.41) is 0. The molecule has 0 rings (SSSR count). The number of hydrogen-bond acceptors (Lipinski definition) is 4. The molecule has 0 bridgehead atoms. The van der Waals surface area contributed by atoms with Crippen LogP contribution in [0.2, 0.25) is 0 Å². The van der Waals surface area contributed by atoms with Crippen LogP contribution in [0, 0.1) is 17.8 Å².